The van der Waals surface area contributed by atoms with Crippen LogP contribution in [0.5, 0.6) is 0 Å². The smallest absolute Gasteiger partial charge is 0.223 e. The van der Waals surface area contributed by atoms with Crippen LogP contribution in [0.15, 0.2) is 36.5 Å². The second-order valence-electron chi connectivity index (χ2n) is 4.45. The Labute approximate surface area is 122 Å². The van der Waals surface area contributed by atoms with E-state index in [0.29, 0.717) is 16.5 Å². The molecule has 0 aliphatic carbocycles. The number of nitrogens with one attached hydrogen (secondary N) is 1. The van der Waals surface area contributed by atoms with E-state index >= 15 is 0 Å². The van der Waals surface area contributed by atoms with Gasteiger partial charge in [0.05, 0.1) is 12.6 Å². The van der Waals surface area contributed by atoms with Gasteiger partial charge in [0.25, 0.3) is 0 Å². The number of benzene rings is 1. The molecule has 0 fully saturated rings. The predicted molar refractivity (Wildman–Crippen MR) is 77.7 cm³/mol. The second-order valence-corrected chi connectivity index (χ2v) is 4.89. The van der Waals surface area contributed by atoms with Crippen molar-refractivity contribution in [3.63, 3.8) is 0 Å². The summed E-state index contributed by atoms with van der Waals surface area (Å²) in [6, 6.07) is 7.99. The van der Waals surface area contributed by atoms with Crippen LogP contribution in [-0.4, -0.2) is 32.8 Å². The van der Waals surface area contributed by atoms with Gasteiger partial charge < -0.3 is 15.5 Å². The number of halogens is 1. The number of anilines is 1. The van der Waals surface area contributed by atoms with Crippen molar-refractivity contribution in [1.29, 1.82) is 0 Å². The van der Waals surface area contributed by atoms with Crippen molar-refractivity contribution in [2.24, 2.45) is 0 Å². The molecular weight excluding hydrogens is 278 g/mol. The first-order valence-corrected chi connectivity index (χ1v) is 6.58. The molecule has 20 heavy (non-hydrogen) atoms. The number of hydrogen-bond acceptors (Lipinski definition) is 5. The van der Waals surface area contributed by atoms with Crippen molar-refractivity contribution >= 4 is 17.5 Å². The van der Waals surface area contributed by atoms with Gasteiger partial charge in [0.2, 0.25) is 5.95 Å². The van der Waals surface area contributed by atoms with E-state index in [1.165, 1.54) is 0 Å². The molecule has 6 heteroatoms. The van der Waals surface area contributed by atoms with Crippen LogP contribution in [0.1, 0.15) is 17.4 Å². The Kier molecular flexibility index (Phi) is 4.89. The molecule has 2 atom stereocenters. The SMILES string of the molecule is Cc1ccnc(N[C@H](CO)[C@H](O)c2ccc(Cl)cc2)n1. The Morgan fingerprint density at radius 2 is 1.95 bits per heavy atom. The number of aromatic nitrogens is 2. The van der Waals surface area contributed by atoms with Crippen molar-refractivity contribution in [3.8, 4) is 0 Å². The van der Waals surface area contributed by atoms with Crippen LogP contribution < -0.4 is 5.32 Å². The highest BCUT2D eigenvalue weighted by molar-refractivity contribution is 6.30. The number of nitrogens with zero attached hydrogens (tertiary/aromatic N) is 2. The van der Waals surface area contributed by atoms with E-state index in [2.05, 4.69) is 15.3 Å². The summed E-state index contributed by atoms with van der Waals surface area (Å²) in [5.41, 5.74) is 1.47. The maximum atomic E-state index is 10.3. The van der Waals surface area contributed by atoms with Gasteiger partial charge in [-0.15, -0.1) is 0 Å². The molecule has 3 N–H and O–H groups in total. The van der Waals surface area contributed by atoms with Crippen molar-refractivity contribution in [1.82, 2.24) is 9.97 Å². The zero-order chi connectivity index (χ0) is 14.5. The minimum atomic E-state index is -0.888. The van der Waals surface area contributed by atoms with E-state index in [4.69, 9.17) is 11.6 Å². The largest absolute Gasteiger partial charge is 0.394 e. The van der Waals surface area contributed by atoms with Crippen molar-refractivity contribution < 1.29 is 10.2 Å². The van der Waals surface area contributed by atoms with Gasteiger partial charge >= 0.3 is 0 Å². The first-order chi connectivity index (χ1) is 9.60. The van der Waals surface area contributed by atoms with Crippen LogP contribution >= 0.6 is 11.6 Å². The van der Waals surface area contributed by atoms with Gasteiger partial charge in [0.15, 0.2) is 0 Å². The second kappa shape index (κ2) is 6.65. The number of aryl methyl sites for hydroxylation is 1. The zero-order valence-corrected chi connectivity index (χ0v) is 11.7. The van der Waals surface area contributed by atoms with Crippen molar-refractivity contribution in [2.45, 2.75) is 19.1 Å². The van der Waals surface area contributed by atoms with Gasteiger partial charge in [-0.1, -0.05) is 23.7 Å². The molecule has 0 radical (unpaired) electrons. The highest BCUT2D eigenvalue weighted by atomic mass is 35.5. The predicted octanol–water partition coefficient (Wildman–Crippen LogP) is 1.94. The average Bonchev–Trinajstić information content (AvgIpc) is 2.45. The number of rotatable bonds is 5. The Hall–Kier alpha value is -1.69. The number of hydrogen-bond donors (Lipinski definition) is 3. The van der Waals surface area contributed by atoms with Crippen molar-refractivity contribution in [2.75, 3.05) is 11.9 Å². The quantitative estimate of drug-likeness (QED) is 0.785. The fourth-order valence-corrected chi connectivity index (χ4v) is 1.93. The molecule has 0 saturated heterocycles. The first kappa shape index (κ1) is 14.7. The molecule has 0 amide bonds. The molecule has 0 saturated carbocycles. The lowest BCUT2D eigenvalue weighted by molar-refractivity contribution is 0.118. The summed E-state index contributed by atoms with van der Waals surface area (Å²) < 4.78 is 0. The van der Waals surface area contributed by atoms with Crippen molar-refractivity contribution in [3.05, 3.63) is 52.8 Å². The third-order valence-electron chi connectivity index (χ3n) is 2.90. The Bertz CT molecular complexity index is 563. The normalized spacial score (nSPS) is 13.8. The van der Waals surface area contributed by atoms with Gasteiger partial charge in [-0.2, -0.15) is 0 Å². The lowest BCUT2D eigenvalue weighted by atomic mass is 10.0. The first-order valence-electron chi connectivity index (χ1n) is 6.20. The molecule has 1 aromatic carbocycles. The molecule has 1 aromatic heterocycles. The molecule has 0 bridgehead atoms. The van der Waals surface area contributed by atoms with Gasteiger partial charge in [-0.25, -0.2) is 9.97 Å². The molecule has 0 unspecified atom stereocenters. The van der Waals surface area contributed by atoms with Gasteiger partial charge in [-0.05, 0) is 30.7 Å². The Morgan fingerprint density at radius 3 is 2.55 bits per heavy atom. The molecule has 1 heterocycles. The maximum Gasteiger partial charge on any atom is 0.223 e. The van der Waals surface area contributed by atoms with Crippen LogP contribution in [0.2, 0.25) is 5.02 Å². The van der Waals surface area contributed by atoms with Gasteiger partial charge in [0, 0.05) is 16.9 Å². The molecule has 2 aromatic rings. The van der Waals surface area contributed by atoms with Crippen LogP contribution in [-0.2, 0) is 0 Å². The van der Waals surface area contributed by atoms with E-state index in [1.807, 2.05) is 6.92 Å². The summed E-state index contributed by atoms with van der Waals surface area (Å²) in [5, 5.41) is 23.2. The topological polar surface area (TPSA) is 78.3 Å². The minimum Gasteiger partial charge on any atom is -0.394 e. The summed E-state index contributed by atoms with van der Waals surface area (Å²) >= 11 is 5.81. The van der Waals surface area contributed by atoms with E-state index < -0.39 is 12.1 Å². The molecular formula is C14H16ClN3O2. The Balaban J connectivity index is 2.13. The fraction of sp³-hybridized carbons (Fsp3) is 0.286. The third-order valence-corrected chi connectivity index (χ3v) is 3.15. The van der Waals surface area contributed by atoms with Crippen LogP contribution in [0.25, 0.3) is 0 Å². The standard InChI is InChI=1S/C14H16ClN3O2/c1-9-6-7-16-14(17-9)18-12(8-19)13(20)10-2-4-11(15)5-3-10/h2-7,12-13,19-20H,8H2,1H3,(H,16,17,18)/t12-,13-/m1/s1. The third kappa shape index (κ3) is 3.66. The number of aliphatic hydroxyl groups is 2. The van der Waals surface area contributed by atoms with Crippen LogP contribution in [0, 0.1) is 6.92 Å². The van der Waals surface area contributed by atoms with E-state index in [0.717, 1.165) is 5.69 Å². The van der Waals surface area contributed by atoms with Gasteiger partial charge in [0.1, 0.15) is 6.10 Å². The zero-order valence-electron chi connectivity index (χ0n) is 11.0. The molecule has 0 aliphatic rings. The summed E-state index contributed by atoms with van der Waals surface area (Å²) in [4.78, 5) is 8.24. The highest BCUT2D eigenvalue weighted by Crippen LogP contribution is 2.21. The summed E-state index contributed by atoms with van der Waals surface area (Å²) in [7, 11) is 0. The van der Waals surface area contributed by atoms with Crippen LogP contribution in [0.3, 0.4) is 0 Å². The monoisotopic (exact) mass is 293 g/mol. The maximum absolute atomic E-state index is 10.3. The fourth-order valence-electron chi connectivity index (χ4n) is 1.80. The van der Waals surface area contributed by atoms with Gasteiger partial charge in [-0.3, -0.25) is 0 Å². The summed E-state index contributed by atoms with van der Waals surface area (Å²) in [6.45, 7) is 1.59. The molecule has 0 aliphatic heterocycles. The summed E-state index contributed by atoms with van der Waals surface area (Å²) in [6.07, 6.45) is 0.731. The lowest BCUT2D eigenvalue weighted by Crippen LogP contribution is -2.32. The van der Waals surface area contributed by atoms with E-state index in [1.54, 1.807) is 36.5 Å². The molecule has 5 nitrogen and oxygen atoms in total. The molecule has 2 rings (SSSR count). The van der Waals surface area contributed by atoms with E-state index in [-0.39, 0.29) is 6.61 Å². The Morgan fingerprint density at radius 1 is 1.25 bits per heavy atom. The highest BCUT2D eigenvalue weighted by Gasteiger charge is 2.21. The minimum absolute atomic E-state index is 0.249. The van der Waals surface area contributed by atoms with Crippen LogP contribution in [0.4, 0.5) is 5.95 Å². The molecule has 106 valence electrons. The number of aliphatic hydroxyl groups excluding tert-OH is 2. The summed E-state index contributed by atoms with van der Waals surface area (Å²) in [5.74, 6) is 0.372. The van der Waals surface area contributed by atoms with E-state index in [9.17, 15) is 10.2 Å². The average molecular weight is 294 g/mol. The lowest BCUT2D eigenvalue weighted by Gasteiger charge is -2.22. The molecule has 0 spiro atoms.